The highest BCUT2D eigenvalue weighted by molar-refractivity contribution is 5.77. The van der Waals surface area contributed by atoms with Gasteiger partial charge in [-0.25, -0.2) is 0 Å². The summed E-state index contributed by atoms with van der Waals surface area (Å²) in [5, 5.41) is 0. The molecule has 0 aliphatic heterocycles. The van der Waals surface area contributed by atoms with Gasteiger partial charge >= 0.3 is 0 Å². The van der Waals surface area contributed by atoms with Crippen molar-refractivity contribution < 1.29 is 14.3 Å². The maximum Gasteiger partial charge on any atom is 0.259 e. The van der Waals surface area contributed by atoms with E-state index in [0.717, 1.165) is 11.3 Å². The van der Waals surface area contributed by atoms with Crippen LogP contribution in [0.3, 0.4) is 0 Å². The number of likely N-dealkylation sites (N-methyl/N-ethyl adjacent to an activating group) is 1. The van der Waals surface area contributed by atoms with Gasteiger partial charge in [0.2, 0.25) is 0 Å². The maximum atomic E-state index is 11.3. The Morgan fingerprint density at radius 3 is 2.44 bits per heavy atom. The Bertz CT molecular complexity index is 375. The minimum atomic E-state index is -0.0690. The minimum Gasteiger partial charge on any atom is -0.497 e. The lowest BCUT2D eigenvalue weighted by Gasteiger charge is -2.12. The number of rotatable bonds is 4. The largest absolute Gasteiger partial charge is 0.497 e. The molecule has 0 spiro atoms. The molecule has 4 nitrogen and oxygen atoms in total. The van der Waals surface area contributed by atoms with Crippen molar-refractivity contribution in [3.63, 3.8) is 0 Å². The van der Waals surface area contributed by atoms with Gasteiger partial charge < -0.3 is 14.4 Å². The molecule has 0 fully saturated rings. The Morgan fingerprint density at radius 2 is 1.88 bits per heavy atom. The number of amides is 1. The van der Waals surface area contributed by atoms with Crippen LogP contribution in [-0.4, -0.2) is 38.6 Å². The molecular weight excluding hydrogens is 206 g/mol. The number of hydrogen-bond acceptors (Lipinski definition) is 3. The third kappa shape index (κ3) is 3.46. The number of aryl methyl sites for hydroxylation is 1. The van der Waals surface area contributed by atoms with Crippen LogP contribution < -0.4 is 9.47 Å². The number of hydrogen-bond donors (Lipinski definition) is 0. The van der Waals surface area contributed by atoms with Crippen LogP contribution in [0.1, 0.15) is 5.56 Å². The van der Waals surface area contributed by atoms with Crippen molar-refractivity contribution in [2.75, 3.05) is 27.8 Å². The first-order valence-corrected chi connectivity index (χ1v) is 5.01. The van der Waals surface area contributed by atoms with Crippen molar-refractivity contribution in [2.45, 2.75) is 6.92 Å². The Labute approximate surface area is 95.8 Å². The lowest BCUT2D eigenvalue weighted by Crippen LogP contribution is -2.27. The summed E-state index contributed by atoms with van der Waals surface area (Å²) in [6.07, 6.45) is 0. The first-order valence-electron chi connectivity index (χ1n) is 5.01. The van der Waals surface area contributed by atoms with E-state index in [0.29, 0.717) is 5.75 Å². The van der Waals surface area contributed by atoms with Crippen molar-refractivity contribution in [2.24, 2.45) is 0 Å². The van der Waals surface area contributed by atoms with E-state index in [1.165, 1.54) is 4.90 Å². The molecule has 1 aromatic carbocycles. The van der Waals surface area contributed by atoms with E-state index < -0.39 is 0 Å². The van der Waals surface area contributed by atoms with Crippen molar-refractivity contribution in [1.29, 1.82) is 0 Å². The quantitative estimate of drug-likeness (QED) is 0.776. The molecule has 0 aliphatic rings. The summed E-state index contributed by atoms with van der Waals surface area (Å²) in [4.78, 5) is 12.8. The summed E-state index contributed by atoms with van der Waals surface area (Å²) in [6, 6.07) is 5.53. The summed E-state index contributed by atoms with van der Waals surface area (Å²) in [5.41, 5.74) is 1.03. The fourth-order valence-corrected chi connectivity index (χ4v) is 1.19. The molecule has 4 heteroatoms. The zero-order valence-electron chi connectivity index (χ0n) is 10.1. The topological polar surface area (TPSA) is 38.8 Å². The van der Waals surface area contributed by atoms with Crippen LogP contribution in [0.5, 0.6) is 11.5 Å². The molecule has 0 radical (unpaired) electrons. The minimum absolute atomic E-state index is 0.0413. The van der Waals surface area contributed by atoms with Gasteiger partial charge in [-0.1, -0.05) is 0 Å². The molecule has 0 saturated heterocycles. The zero-order valence-corrected chi connectivity index (χ0v) is 10.1. The van der Waals surface area contributed by atoms with E-state index in [4.69, 9.17) is 9.47 Å². The highest BCUT2D eigenvalue weighted by Gasteiger charge is 2.06. The first-order chi connectivity index (χ1) is 7.52. The molecule has 0 heterocycles. The summed E-state index contributed by atoms with van der Waals surface area (Å²) in [7, 11) is 4.99. The van der Waals surface area contributed by atoms with Gasteiger partial charge in [0, 0.05) is 20.2 Å². The van der Waals surface area contributed by atoms with Gasteiger partial charge in [-0.3, -0.25) is 4.79 Å². The zero-order chi connectivity index (χ0) is 12.1. The standard InChI is InChI=1S/C12H17NO3/c1-9-5-10(15-4)7-11(6-9)16-8-12(14)13(2)3/h5-7H,8H2,1-4H3. The van der Waals surface area contributed by atoms with Gasteiger partial charge in [0.05, 0.1) is 7.11 Å². The average Bonchev–Trinajstić information content (AvgIpc) is 2.24. The average molecular weight is 223 g/mol. The Balaban J connectivity index is 2.67. The van der Waals surface area contributed by atoms with Crippen LogP contribution in [0.4, 0.5) is 0 Å². The summed E-state index contributed by atoms with van der Waals surface area (Å²) in [6.45, 7) is 1.99. The lowest BCUT2D eigenvalue weighted by atomic mass is 10.2. The highest BCUT2D eigenvalue weighted by atomic mass is 16.5. The lowest BCUT2D eigenvalue weighted by molar-refractivity contribution is -0.130. The number of benzene rings is 1. The molecule has 1 rings (SSSR count). The van der Waals surface area contributed by atoms with Gasteiger partial charge in [0.15, 0.2) is 6.61 Å². The fourth-order valence-electron chi connectivity index (χ4n) is 1.19. The van der Waals surface area contributed by atoms with Crippen LogP contribution >= 0.6 is 0 Å². The predicted octanol–water partition coefficient (Wildman–Crippen LogP) is 1.47. The third-order valence-electron chi connectivity index (χ3n) is 2.12. The van der Waals surface area contributed by atoms with Gasteiger partial charge in [-0.15, -0.1) is 0 Å². The second kappa shape index (κ2) is 5.39. The van der Waals surface area contributed by atoms with Crippen molar-refractivity contribution >= 4 is 5.91 Å². The third-order valence-corrected chi connectivity index (χ3v) is 2.12. The molecular formula is C12H17NO3. The van der Waals surface area contributed by atoms with Crippen molar-refractivity contribution in [3.8, 4) is 11.5 Å². The molecule has 0 saturated carbocycles. The van der Waals surface area contributed by atoms with Crippen LogP contribution in [0.15, 0.2) is 18.2 Å². The van der Waals surface area contributed by atoms with Crippen LogP contribution in [0, 0.1) is 6.92 Å². The number of methoxy groups -OCH3 is 1. The normalized spacial score (nSPS) is 9.75. The van der Waals surface area contributed by atoms with E-state index in [-0.39, 0.29) is 12.5 Å². The monoisotopic (exact) mass is 223 g/mol. The molecule has 1 amide bonds. The Hall–Kier alpha value is -1.71. The summed E-state index contributed by atoms with van der Waals surface area (Å²) in [5.74, 6) is 1.31. The van der Waals surface area contributed by atoms with Crippen LogP contribution in [0.2, 0.25) is 0 Å². The van der Waals surface area contributed by atoms with E-state index in [1.54, 1.807) is 27.3 Å². The van der Waals surface area contributed by atoms with E-state index in [9.17, 15) is 4.79 Å². The molecule has 0 aromatic heterocycles. The molecule has 1 aromatic rings. The second-order valence-electron chi connectivity index (χ2n) is 3.76. The van der Waals surface area contributed by atoms with E-state index in [2.05, 4.69) is 0 Å². The van der Waals surface area contributed by atoms with E-state index >= 15 is 0 Å². The van der Waals surface area contributed by atoms with Gasteiger partial charge in [-0.05, 0) is 24.6 Å². The van der Waals surface area contributed by atoms with Gasteiger partial charge in [0.1, 0.15) is 11.5 Å². The second-order valence-corrected chi connectivity index (χ2v) is 3.76. The smallest absolute Gasteiger partial charge is 0.259 e. The molecule has 0 unspecified atom stereocenters. The molecule has 16 heavy (non-hydrogen) atoms. The number of carbonyl (C=O) groups excluding carboxylic acids is 1. The van der Waals surface area contributed by atoms with Crippen molar-refractivity contribution in [1.82, 2.24) is 4.90 Å². The van der Waals surface area contributed by atoms with Crippen LogP contribution in [0.25, 0.3) is 0 Å². The van der Waals surface area contributed by atoms with Gasteiger partial charge in [-0.2, -0.15) is 0 Å². The Morgan fingerprint density at radius 1 is 1.25 bits per heavy atom. The summed E-state index contributed by atoms with van der Waals surface area (Å²) >= 11 is 0. The molecule has 0 bridgehead atoms. The number of ether oxygens (including phenoxy) is 2. The summed E-state index contributed by atoms with van der Waals surface area (Å²) < 4.78 is 10.5. The highest BCUT2D eigenvalue weighted by Crippen LogP contribution is 2.22. The molecule has 0 N–H and O–H groups in total. The Kier molecular flexibility index (Phi) is 4.17. The molecule has 88 valence electrons. The number of carbonyl (C=O) groups is 1. The van der Waals surface area contributed by atoms with Crippen molar-refractivity contribution in [3.05, 3.63) is 23.8 Å². The molecule has 0 aliphatic carbocycles. The molecule has 0 atom stereocenters. The van der Waals surface area contributed by atoms with Gasteiger partial charge in [0.25, 0.3) is 5.91 Å². The first kappa shape index (κ1) is 12.4. The SMILES string of the molecule is COc1cc(C)cc(OCC(=O)N(C)C)c1. The number of nitrogens with zero attached hydrogens (tertiary/aromatic N) is 1. The fraction of sp³-hybridized carbons (Fsp3) is 0.417. The maximum absolute atomic E-state index is 11.3. The van der Waals surface area contributed by atoms with E-state index in [1.807, 2.05) is 19.1 Å². The van der Waals surface area contributed by atoms with Crippen LogP contribution in [-0.2, 0) is 4.79 Å². The predicted molar refractivity (Wildman–Crippen MR) is 61.9 cm³/mol.